The monoisotopic (exact) mass is 450 g/mol. The molecule has 5 rings (SSSR count). The Morgan fingerprint density at radius 3 is 1.91 bits per heavy atom. The van der Waals surface area contributed by atoms with Gasteiger partial charge in [-0.2, -0.15) is 10.2 Å². The van der Waals surface area contributed by atoms with Crippen molar-refractivity contribution >= 4 is 45.0 Å². The summed E-state index contributed by atoms with van der Waals surface area (Å²) in [6.07, 6.45) is 0. The standard InChI is InChI=1S/C27H22N4O3/c1-17(25-15-19-8-3-5-12-23(19)33-25)28-30-22-11-7-10-21(14-22)27(32)31-29-18(2)26-16-20-9-4-6-13-24(20)34-26/h3-16,30H,1-2H3,(H,31,32)/b28-17-,29-18-. The van der Waals surface area contributed by atoms with E-state index in [0.29, 0.717) is 34.2 Å². The van der Waals surface area contributed by atoms with Gasteiger partial charge in [-0.05, 0) is 56.3 Å². The second kappa shape index (κ2) is 9.07. The molecule has 0 saturated heterocycles. The molecule has 0 radical (unpaired) electrons. The largest absolute Gasteiger partial charge is 0.455 e. The van der Waals surface area contributed by atoms with Crippen LogP contribution in [0.2, 0.25) is 0 Å². The second-order valence-electron chi connectivity index (χ2n) is 7.82. The van der Waals surface area contributed by atoms with Crippen molar-refractivity contribution in [3.63, 3.8) is 0 Å². The number of amides is 1. The summed E-state index contributed by atoms with van der Waals surface area (Å²) < 4.78 is 11.6. The zero-order valence-electron chi connectivity index (χ0n) is 18.7. The van der Waals surface area contributed by atoms with Crippen molar-refractivity contribution in [1.29, 1.82) is 0 Å². The maximum atomic E-state index is 12.6. The van der Waals surface area contributed by atoms with E-state index < -0.39 is 0 Å². The Morgan fingerprint density at radius 1 is 0.706 bits per heavy atom. The van der Waals surface area contributed by atoms with Gasteiger partial charge in [-0.1, -0.05) is 42.5 Å². The molecule has 0 atom stereocenters. The van der Waals surface area contributed by atoms with Gasteiger partial charge in [-0.25, -0.2) is 5.43 Å². The number of nitrogens with one attached hydrogen (secondary N) is 2. The fraction of sp³-hybridized carbons (Fsp3) is 0.0741. The molecule has 2 heterocycles. The average Bonchev–Trinajstić information content (AvgIpc) is 3.50. The molecule has 5 aromatic rings. The predicted molar refractivity (Wildman–Crippen MR) is 134 cm³/mol. The van der Waals surface area contributed by atoms with Crippen LogP contribution in [0.5, 0.6) is 0 Å². The highest BCUT2D eigenvalue weighted by atomic mass is 16.3. The fourth-order valence-electron chi connectivity index (χ4n) is 3.51. The zero-order valence-corrected chi connectivity index (χ0v) is 18.7. The van der Waals surface area contributed by atoms with Crippen molar-refractivity contribution in [3.05, 3.63) is 102 Å². The number of rotatable bonds is 6. The normalized spacial score (nSPS) is 12.3. The van der Waals surface area contributed by atoms with E-state index in [9.17, 15) is 4.79 Å². The summed E-state index contributed by atoms with van der Waals surface area (Å²) >= 11 is 0. The number of furan rings is 2. The maximum Gasteiger partial charge on any atom is 0.271 e. The Bertz CT molecular complexity index is 1490. The summed E-state index contributed by atoms with van der Waals surface area (Å²) in [7, 11) is 0. The lowest BCUT2D eigenvalue weighted by Gasteiger charge is -2.05. The van der Waals surface area contributed by atoms with Crippen LogP contribution in [0.1, 0.15) is 35.7 Å². The molecule has 0 spiro atoms. The molecule has 0 fully saturated rings. The molecule has 0 aliphatic carbocycles. The third kappa shape index (κ3) is 4.45. The number of hydrogen-bond acceptors (Lipinski definition) is 6. The third-order valence-corrected chi connectivity index (χ3v) is 5.37. The minimum absolute atomic E-state index is 0.336. The van der Waals surface area contributed by atoms with Gasteiger partial charge in [0.15, 0.2) is 11.5 Å². The second-order valence-corrected chi connectivity index (χ2v) is 7.82. The number of carbonyl (C=O) groups excluding carboxylic acids is 1. The molecule has 34 heavy (non-hydrogen) atoms. The molecule has 168 valence electrons. The van der Waals surface area contributed by atoms with Gasteiger partial charge in [0.05, 0.1) is 5.69 Å². The Balaban J connectivity index is 1.26. The maximum absolute atomic E-state index is 12.6. The van der Waals surface area contributed by atoms with Gasteiger partial charge in [-0.3, -0.25) is 10.2 Å². The SMILES string of the molecule is C/C(=N/NC(=O)c1cccc(N/N=C(/C)c2cc3ccccc3o2)c1)c1cc2ccccc2o1. The van der Waals surface area contributed by atoms with Crippen molar-refractivity contribution in [2.24, 2.45) is 10.2 Å². The predicted octanol–water partition coefficient (Wildman–Crippen LogP) is 6.17. The van der Waals surface area contributed by atoms with Gasteiger partial charge in [0.25, 0.3) is 5.91 Å². The first-order chi connectivity index (χ1) is 16.6. The average molecular weight is 450 g/mol. The Morgan fingerprint density at radius 2 is 1.29 bits per heavy atom. The molecule has 0 unspecified atom stereocenters. The zero-order chi connectivity index (χ0) is 23.5. The van der Waals surface area contributed by atoms with Crippen LogP contribution in [-0.4, -0.2) is 17.3 Å². The highest BCUT2D eigenvalue weighted by molar-refractivity contribution is 6.02. The highest BCUT2D eigenvalue weighted by Gasteiger charge is 2.10. The number of benzene rings is 3. The van der Waals surface area contributed by atoms with Crippen LogP contribution in [-0.2, 0) is 0 Å². The van der Waals surface area contributed by atoms with Crippen LogP contribution in [0.4, 0.5) is 5.69 Å². The Hall–Kier alpha value is -4.65. The van der Waals surface area contributed by atoms with Crippen molar-refractivity contribution in [2.75, 3.05) is 5.43 Å². The molecule has 1 amide bonds. The first kappa shape index (κ1) is 21.2. The summed E-state index contributed by atoms with van der Waals surface area (Å²) in [4.78, 5) is 12.6. The highest BCUT2D eigenvalue weighted by Crippen LogP contribution is 2.20. The number of anilines is 1. The minimum Gasteiger partial charge on any atom is -0.455 e. The molecule has 0 aliphatic heterocycles. The van der Waals surface area contributed by atoms with Gasteiger partial charge in [0.1, 0.15) is 22.6 Å². The summed E-state index contributed by atoms with van der Waals surface area (Å²) in [6.45, 7) is 3.64. The van der Waals surface area contributed by atoms with Gasteiger partial charge >= 0.3 is 0 Å². The lowest BCUT2D eigenvalue weighted by atomic mass is 10.2. The van der Waals surface area contributed by atoms with E-state index in [1.807, 2.05) is 73.7 Å². The number of para-hydroxylation sites is 2. The van der Waals surface area contributed by atoms with Gasteiger partial charge in [0.2, 0.25) is 0 Å². The van der Waals surface area contributed by atoms with E-state index in [-0.39, 0.29) is 5.91 Å². The first-order valence-electron chi connectivity index (χ1n) is 10.8. The lowest BCUT2D eigenvalue weighted by Crippen LogP contribution is -2.19. The number of fused-ring (bicyclic) bond motifs is 2. The van der Waals surface area contributed by atoms with Crippen LogP contribution in [0.25, 0.3) is 21.9 Å². The molecule has 3 aromatic carbocycles. The number of nitrogens with zero attached hydrogens (tertiary/aromatic N) is 2. The molecule has 2 aromatic heterocycles. The van der Waals surface area contributed by atoms with Gasteiger partial charge < -0.3 is 8.83 Å². The molecule has 0 aliphatic rings. The van der Waals surface area contributed by atoms with E-state index in [0.717, 1.165) is 21.9 Å². The van der Waals surface area contributed by atoms with Crippen molar-refractivity contribution in [1.82, 2.24) is 5.43 Å². The Labute approximate surface area is 195 Å². The summed E-state index contributed by atoms with van der Waals surface area (Å²) in [5.74, 6) is 0.947. The summed E-state index contributed by atoms with van der Waals surface area (Å²) in [5.41, 5.74) is 9.53. The van der Waals surface area contributed by atoms with Crippen molar-refractivity contribution < 1.29 is 13.6 Å². The molecular weight excluding hydrogens is 428 g/mol. The molecule has 7 heteroatoms. The van der Waals surface area contributed by atoms with Crippen LogP contribution in [0.15, 0.2) is 104 Å². The summed E-state index contributed by atoms with van der Waals surface area (Å²) in [6, 6.07) is 26.4. The van der Waals surface area contributed by atoms with E-state index in [2.05, 4.69) is 21.1 Å². The van der Waals surface area contributed by atoms with E-state index in [1.54, 1.807) is 25.1 Å². The van der Waals surface area contributed by atoms with Crippen LogP contribution in [0.3, 0.4) is 0 Å². The molecule has 2 N–H and O–H groups in total. The number of carbonyl (C=O) groups is 1. The quantitative estimate of drug-likeness (QED) is 0.239. The van der Waals surface area contributed by atoms with E-state index in [1.165, 1.54) is 0 Å². The summed E-state index contributed by atoms with van der Waals surface area (Å²) in [5, 5.41) is 10.6. The molecule has 0 bridgehead atoms. The third-order valence-electron chi connectivity index (χ3n) is 5.37. The molecular formula is C27H22N4O3. The van der Waals surface area contributed by atoms with Gasteiger partial charge in [-0.15, -0.1) is 0 Å². The molecule has 0 saturated carbocycles. The fourth-order valence-corrected chi connectivity index (χ4v) is 3.51. The Kier molecular flexibility index (Phi) is 5.66. The van der Waals surface area contributed by atoms with E-state index in [4.69, 9.17) is 8.83 Å². The van der Waals surface area contributed by atoms with Crippen molar-refractivity contribution in [3.8, 4) is 0 Å². The van der Waals surface area contributed by atoms with Crippen molar-refractivity contribution in [2.45, 2.75) is 13.8 Å². The smallest absolute Gasteiger partial charge is 0.271 e. The number of hydrogen-bond donors (Lipinski definition) is 2. The van der Waals surface area contributed by atoms with Gasteiger partial charge in [0, 0.05) is 16.3 Å². The first-order valence-corrected chi connectivity index (χ1v) is 10.8. The topological polar surface area (TPSA) is 92.1 Å². The van der Waals surface area contributed by atoms with Crippen LogP contribution >= 0.6 is 0 Å². The lowest BCUT2D eigenvalue weighted by molar-refractivity contribution is 0.0955. The van der Waals surface area contributed by atoms with E-state index >= 15 is 0 Å². The van der Waals surface area contributed by atoms with Crippen LogP contribution in [0, 0.1) is 0 Å². The number of hydrazone groups is 2. The minimum atomic E-state index is -0.336. The molecule has 7 nitrogen and oxygen atoms in total. The van der Waals surface area contributed by atoms with Crippen LogP contribution < -0.4 is 10.9 Å².